The lowest BCUT2D eigenvalue weighted by Crippen LogP contribution is -2.31. The molecule has 0 bridgehead atoms. The summed E-state index contributed by atoms with van der Waals surface area (Å²) < 4.78 is 27.0. The minimum atomic E-state index is -3.72. The first-order valence-electron chi connectivity index (χ1n) is 6.11. The fourth-order valence-electron chi connectivity index (χ4n) is 1.88. The van der Waals surface area contributed by atoms with Gasteiger partial charge in [0.05, 0.1) is 11.0 Å². The van der Waals surface area contributed by atoms with Crippen LogP contribution >= 0.6 is 0 Å². The molecule has 0 amide bonds. The Kier molecular flexibility index (Phi) is 4.18. The number of hydrogen-bond donors (Lipinski definition) is 1. The maximum atomic E-state index is 12.3. The van der Waals surface area contributed by atoms with Crippen LogP contribution in [0.4, 0.5) is 0 Å². The molecule has 0 radical (unpaired) electrons. The molecular weight excluding hydrogens is 272 g/mol. The fourth-order valence-corrected chi connectivity index (χ4v) is 3.26. The minimum absolute atomic E-state index is 0.174. The molecule has 5 heteroatoms. The zero-order chi connectivity index (χ0) is 14.6. The molecule has 0 saturated heterocycles. The average molecular weight is 286 g/mol. The normalized spacial score (nSPS) is 12.6. The summed E-state index contributed by atoms with van der Waals surface area (Å²) in [7, 11) is -3.72. The molecule has 0 saturated carbocycles. The first-order chi connectivity index (χ1) is 9.54. The smallest absolute Gasteiger partial charge is 0.207 e. The Morgan fingerprint density at radius 2 is 1.65 bits per heavy atom. The van der Waals surface area contributed by atoms with Gasteiger partial charge in [-0.1, -0.05) is 48.5 Å². The molecule has 1 atom stereocenters. The molecular formula is C15H14N2O2S. The minimum Gasteiger partial charge on any atom is -0.207 e. The molecule has 0 aromatic heterocycles. The Bertz CT molecular complexity index is 734. The Labute approximate surface area is 118 Å². The second-order valence-electron chi connectivity index (χ2n) is 4.33. The van der Waals surface area contributed by atoms with Crippen LogP contribution in [0, 0.1) is 11.3 Å². The maximum absolute atomic E-state index is 12.3. The summed E-state index contributed by atoms with van der Waals surface area (Å²) in [6, 6.07) is 17.1. The van der Waals surface area contributed by atoms with Crippen LogP contribution in [0.3, 0.4) is 0 Å². The molecule has 0 spiro atoms. The van der Waals surface area contributed by atoms with Gasteiger partial charge in [0, 0.05) is 5.56 Å². The summed E-state index contributed by atoms with van der Waals surface area (Å²) in [5, 5.41) is 8.75. The van der Waals surface area contributed by atoms with E-state index in [1.165, 1.54) is 13.0 Å². The Hall–Kier alpha value is -2.16. The third-order valence-corrected chi connectivity index (χ3v) is 4.39. The lowest BCUT2D eigenvalue weighted by Gasteiger charge is -2.12. The summed E-state index contributed by atoms with van der Waals surface area (Å²) in [4.78, 5) is 0.174. The molecule has 0 fully saturated rings. The lowest BCUT2D eigenvalue weighted by atomic mass is 10.1. The highest BCUT2D eigenvalue weighted by Crippen LogP contribution is 2.26. The SMILES string of the molecule is C[C@@H](C#N)NS(=O)(=O)c1ccccc1-c1ccccc1. The van der Waals surface area contributed by atoms with E-state index < -0.39 is 16.1 Å². The highest BCUT2D eigenvalue weighted by molar-refractivity contribution is 7.89. The van der Waals surface area contributed by atoms with E-state index in [-0.39, 0.29) is 4.90 Å². The van der Waals surface area contributed by atoms with E-state index in [2.05, 4.69) is 4.72 Å². The summed E-state index contributed by atoms with van der Waals surface area (Å²) in [5.41, 5.74) is 1.43. The first-order valence-corrected chi connectivity index (χ1v) is 7.59. The number of nitrogens with zero attached hydrogens (tertiary/aromatic N) is 1. The van der Waals surface area contributed by atoms with E-state index in [0.717, 1.165) is 5.56 Å². The largest absolute Gasteiger partial charge is 0.242 e. The maximum Gasteiger partial charge on any atom is 0.242 e. The number of hydrogen-bond acceptors (Lipinski definition) is 3. The topological polar surface area (TPSA) is 70.0 Å². The first kappa shape index (κ1) is 14.3. The van der Waals surface area contributed by atoms with Crippen LogP contribution in [0.1, 0.15) is 6.92 Å². The average Bonchev–Trinajstić information content (AvgIpc) is 2.47. The predicted octanol–water partition coefficient (Wildman–Crippen LogP) is 2.54. The highest BCUT2D eigenvalue weighted by Gasteiger charge is 2.20. The van der Waals surface area contributed by atoms with Crippen LogP contribution in [0.2, 0.25) is 0 Å². The van der Waals surface area contributed by atoms with Crippen molar-refractivity contribution in [3.63, 3.8) is 0 Å². The third kappa shape index (κ3) is 3.05. The van der Waals surface area contributed by atoms with Crippen molar-refractivity contribution in [1.29, 1.82) is 5.26 Å². The summed E-state index contributed by atoms with van der Waals surface area (Å²) in [6.07, 6.45) is 0. The summed E-state index contributed by atoms with van der Waals surface area (Å²) in [6.45, 7) is 1.50. The lowest BCUT2D eigenvalue weighted by molar-refractivity contribution is 0.577. The summed E-state index contributed by atoms with van der Waals surface area (Å²) in [5.74, 6) is 0. The number of benzene rings is 2. The van der Waals surface area contributed by atoms with Crippen molar-refractivity contribution >= 4 is 10.0 Å². The zero-order valence-electron chi connectivity index (χ0n) is 10.9. The number of rotatable bonds is 4. The van der Waals surface area contributed by atoms with Crippen molar-refractivity contribution in [2.75, 3.05) is 0 Å². The molecule has 0 unspecified atom stereocenters. The molecule has 0 aliphatic heterocycles. The van der Waals surface area contributed by atoms with Gasteiger partial charge in [0.15, 0.2) is 0 Å². The molecule has 20 heavy (non-hydrogen) atoms. The van der Waals surface area contributed by atoms with Crippen LogP contribution in [0.25, 0.3) is 11.1 Å². The monoisotopic (exact) mass is 286 g/mol. The second kappa shape index (κ2) is 5.87. The Balaban J connectivity index is 2.52. The van der Waals surface area contributed by atoms with Gasteiger partial charge < -0.3 is 0 Å². The van der Waals surface area contributed by atoms with Crippen molar-refractivity contribution in [2.45, 2.75) is 17.9 Å². The van der Waals surface area contributed by atoms with Crippen molar-refractivity contribution in [3.8, 4) is 17.2 Å². The van der Waals surface area contributed by atoms with Crippen molar-refractivity contribution in [3.05, 3.63) is 54.6 Å². The van der Waals surface area contributed by atoms with E-state index in [0.29, 0.717) is 5.56 Å². The van der Waals surface area contributed by atoms with Crippen LogP contribution < -0.4 is 4.72 Å². The van der Waals surface area contributed by atoms with E-state index in [4.69, 9.17) is 5.26 Å². The molecule has 102 valence electrons. The Morgan fingerprint density at radius 1 is 1.05 bits per heavy atom. The van der Waals surface area contributed by atoms with Gasteiger partial charge in [0.1, 0.15) is 6.04 Å². The van der Waals surface area contributed by atoms with Crippen LogP contribution in [0.15, 0.2) is 59.5 Å². The van der Waals surface area contributed by atoms with Gasteiger partial charge in [-0.15, -0.1) is 0 Å². The van der Waals surface area contributed by atoms with Crippen LogP contribution in [-0.2, 0) is 10.0 Å². The molecule has 2 aromatic rings. The quantitative estimate of drug-likeness (QED) is 0.939. The predicted molar refractivity (Wildman–Crippen MR) is 77.3 cm³/mol. The number of nitriles is 1. The molecule has 2 rings (SSSR count). The molecule has 0 heterocycles. The second-order valence-corrected chi connectivity index (χ2v) is 6.02. The molecule has 0 aliphatic rings. The van der Waals surface area contributed by atoms with E-state index in [1.807, 2.05) is 36.4 Å². The summed E-state index contributed by atoms with van der Waals surface area (Å²) >= 11 is 0. The van der Waals surface area contributed by atoms with E-state index in [1.54, 1.807) is 18.2 Å². The van der Waals surface area contributed by atoms with Gasteiger partial charge in [-0.2, -0.15) is 9.98 Å². The molecule has 2 aromatic carbocycles. The molecule has 4 nitrogen and oxygen atoms in total. The van der Waals surface area contributed by atoms with Gasteiger partial charge in [0.25, 0.3) is 0 Å². The zero-order valence-corrected chi connectivity index (χ0v) is 11.8. The van der Waals surface area contributed by atoms with Crippen molar-refractivity contribution in [2.24, 2.45) is 0 Å². The van der Waals surface area contributed by atoms with Crippen molar-refractivity contribution in [1.82, 2.24) is 4.72 Å². The third-order valence-electron chi connectivity index (χ3n) is 2.79. The van der Waals surface area contributed by atoms with Gasteiger partial charge in [-0.05, 0) is 18.6 Å². The van der Waals surface area contributed by atoms with Crippen LogP contribution in [-0.4, -0.2) is 14.5 Å². The molecule has 0 aliphatic carbocycles. The standard InChI is InChI=1S/C15H14N2O2S/c1-12(11-16)17-20(18,19)15-10-6-5-9-14(15)13-7-3-2-4-8-13/h2-10,12,17H,1H3/t12-/m0/s1. The van der Waals surface area contributed by atoms with Gasteiger partial charge >= 0.3 is 0 Å². The number of nitrogens with one attached hydrogen (secondary N) is 1. The van der Waals surface area contributed by atoms with Gasteiger partial charge in [-0.3, -0.25) is 0 Å². The van der Waals surface area contributed by atoms with E-state index >= 15 is 0 Å². The van der Waals surface area contributed by atoms with Crippen LogP contribution in [0.5, 0.6) is 0 Å². The van der Waals surface area contributed by atoms with Gasteiger partial charge in [0.2, 0.25) is 10.0 Å². The highest BCUT2D eigenvalue weighted by atomic mass is 32.2. The Morgan fingerprint density at radius 3 is 2.30 bits per heavy atom. The van der Waals surface area contributed by atoms with E-state index in [9.17, 15) is 8.42 Å². The molecule has 1 N–H and O–H groups in total. The van der Waals surface area contributed by atoms with Crippen molar-refractivity contribution < 1.29 is 8.42 Å². The fraction of sp³-hybridized carbons (Fsp3) is 0.133. The van der Waals surface area contributed by atoms with Gasteiger partial charge in [-0.25, -0.2) is 8.42 Å². The number of sulfonamides is 1.